The van der Waals surface area contributed by atoms with Gasteiger partial charge in [-0.15, -0.1) is 0 Å². The molecular weight excluding hydrogens is 344 g/mol. The molecular formula is C21H24N2O4. The lowest BCUT2D eigenvalue weighted by molar-refractivity contribution is -0.141. The summed E-state index contributed by atoms with van der Waals surface area (Å²) in [7, 11) is 1.54. The first-order valence-corrected chi connectivity index (χ1v) is 9.04. The maximum absolute atomic E-state index is 12.6. The van der Waals surface area contributed by atoms with E-state index in [0.29, 0.717) is 25.1 Å². The monoisotopic (exact) mass is 368 g/mol. The molecule has 0 aromatic heterocycles. The van der Waals surface area contributed by atoms with Crippen molar-refractivity contribution < 1.29 is 19.4 Å². The first-order valence-electron chi connectivity index (χ1n) is 9.04. The molecule has 3 unspecified atom stereocenters. The Kier molecular flexibility index (Phi) is 6.21. The molecule has 1 aliphatic heterocycles. The number of esters is 1. The summed E-state index contributed by atoms with van der Waals surface area (Å²) in [6.07, 6.45) is -1.41. The molecule has 27 heavy (non-hydrogen) atoms. The van der Waals surface area contributed by atoms with Gasteiger partial charge in [-0.1, -0.05) is 48.5 Å². The lowest BCUT2D eigenvalue weighted by atomic mass is 9.94. The molecule has 142 valence electrons. The Balaban J connectivity index is 1.82. The largest absolute Gasteiger partial charge is 0.454 e. The van der Waals surface area contributed by atoms with Crippen LogP contribution in [0.5, 0.6) is 0 Å². The standard InChI is InChI=1S/C21H24N2O4/c1-22-20(25)18-19(27-21(26)16-10-6-3-7-11-16)17(24)12-13-23(18)14-15-8-4-2-5-9-15/h2-11,17-19,24H,12-14H2,1H3,(H,22,25). The van der Waals surface area contributed by atoms with Gasteiger partial charge >= 0.3 is 5.97 Å². The second-order valence-corrected chi connectivity index (χ2v) is 6.61. The molecule has 0 saturated carbocycles. The van der Waals surface area contributed by atoms with E-state index in [1.165, 1.54) is 0 Å². The summed E-state index contributed by atoms with van der Waals surface area (Å²) in [5.41, 5.74) is 1.44. The van der Waals surface area contributed by atoms with E-state index in [1.807, 2.05) is 35.2 Å². The van der Waals surface area contributed by atoms with Gasteiger partial charge in [0.25, 0.3) is 0 Å². The number of carbonyl (C=O) groups excluding carboxylic acids is 2. The molecule has 2 aromatic rings. The van der Waals surface area contributed by atoms with Crippen molar-refractivity contribution in [1.29, 1.82) is 0 Å². The highest BCUT2D eigenvalue weighted by molar-refractivity contribution is 5.90. The van der Waals surface area contributed by atoms with Gasteiger partial charge < -0.3 is 15.2 Å². The Morgan fingerprint density at radius 2 is 1.74 bits per heavy atom. The predicted octanol–water partition coefficient (Wildman–Crippen LogP) is 1.59. The third-order valence-corrected chi connectivity index (χ3v) is 4.79. The van der Waals surface area contributed by atoms with E-state index in [4.69, 9.17) is 4.74 Å². The number of carbonyl (C=O) groups is 2. The highest BCUT2D eigenvalue weighted by Gasteiger charge is 2.44. The molecule has 0 aliphatic carbocycles. The van der Waals surface area contributed by atoms with E-state index in [0.717, 1.165) is 5.56 Å². The summed E-state index contributed by atoms with van der Waals surface area (Å²) < 4.78 is 5.60. The highest BCUT2D eigenvalue weighted by atomic mass is 16.6. The molecule has 3 rings (SSSR count). The summed E-state index contributed by atoms with van der Waals surface area (Å²) >= 11 is 0. The Hall–Kier alpha value is -2.70. The summed E-state index contributed by atoms with van der Waals surface area (Å²) in [6, 6.07) is 17.6. The maximum atomic E-state index is 12.6. The van der Waals surface area contributed by atoms with Gasteiger partial charge in [-0.05, 0) is 24.1 Å². The summed E-state index contributed by atoms with van der Waals surface area (Å²) in [5.74, 6) is -0.828. The van der Waals surface area contributed by atoms with E-state index in [-0.39, 0.29) is 5.91 Å². The molecule has 6 heteroatoms. The first kappa shape index (κ1) is 19.1. The predicted molar refractivity (Wildman–Crippen MR) is 101 cm³/mol. The molecule has 6 nitrogen and oxygen atoms in total. The average molecular weight is 368 g/mol. The van der Waals surface area contributed by atoms with Gasteiger partial charge in [0.1, 0.15) is 6.04 Å². The normalized spacial score (nSPS) is 22.8. The van der Waals surface area contributed by atoms with Gasteiger partial charge in [0.2, 0.25) is 5.91 Å². The maximum Gasteiger partial charge on any atom is 0.338 e. The molecule has 2 N–H and O–H groups in total. The van der Waals surface area contributed by atoms with Crippen LogP contribution in [0.2, 0.25) is 0 Å². The first-order chi connectivity index (χ1) is 13.1. The summed E-state index contributed by atoms with van der Waals surface area (Å²) in [6.45, 7) is 1.07. The lowest BCUT2D eigenvalue weighted by Crippen LogP contribution is -2.61. The van der Waals surface area contributed by atoms with Crippen molar-refractivity contribution >= 4 is 11.9 Å². The fraction of sp³-hybridized carbons (Fsp3) is 0.333. The molecule has 2 aromatic carbocycles. The molecule has 1 fully saturated rings. The summed E-state index contributed by atoms with van der Waals surface area (Å²) in [4.78, 5) is 27.0. The Morgan fingerprint density at radius 3 is 2.37 bits per heavy atom. The number of aliphatic hydroxyl groups excluding tert-OH is 1. The molecule has 0 radical (unpaired) electrons. The van der Waals surface area contributed by atoms with Gasteiger partial charge in [0.15, 0.2) is 6.10 Å². The molecule has 0 bridgehead atoms. The number of nitrogens with one attached hydrogen (secondary N) is 1. The van der Waals surface area contributed by atoms with Crippen molar-refractivity contribution in [2.24, 2.45) is 0 Å². The zero-order valence-electron chi connectivity index (χ0n) is 15.2. The van der Waals surface area contributed by atoms with Gasteiger partial charge in [0, 0.05) is 20.1 Å². The molecule has 1 heterocycles. The van der Waals surface area contributed by atoms with Crippen LogP contribution in [0.3, 0.4) is 0 Å². The van der Waals surface area contributed by atoms with Crippen LogP contribution in [0.1, 0.15) is 22.3 Å². The van der Waals surface area contributed by atoms with Crippen LogP contribution in [0.25, 0.3) is 0 Å². The van der Waals surface area contributed by atoms with Crippen molar-refractivity contribution in [2.75, 3.05) is 13.6 Å². The molecule has 3 atom stereocenters. The Bertz CT molecular complexity index is 766. The minimum atomic E-state index is -0.935. The van der Waals surface area contributed by atoms with Crippen LogP contribution < -0.4 is 5.32 Å². The number of piperidine rings is 1. The smallest absolute Gasteiger partial charge is 0.338 e. The fourth-order valence-corrected chi connectivity index (χ4v) is 3.39. The van der Waals surface area contributed by atoms with Crippen molar-refractivity contribution in [1.82, 2.24) is 10.2 Å². The Labute approximate surface area is 158 Å². The molecule has 0 spiro atoms. The number of rotatable bonds is 5. The van der Waals surface area contributed by atoms with Crippen molar-refractivity contribution in [2.45, 2.75) is 31.2 Å². The Morgan fingerprint density at radius 1 is 1.11 bits per heavy atom. The third kappa shape index (κ3) is 4.53. The number of hydrogen-bond donors (Lipinski definition) is 2. The van der Waals surface area contributed by atoms with Crippen LogP contribution in [0.15, 0.2) is 60.7 Å². The molecule has 1 amide bonds. The quantitative estimate of drug-likeness (QED) is 0.784. The van der Waals surface area contributed by atoms with E-state index in [1.54, 1.807) is 37.4 Å². The van der Waals surface area contributed by atoms with Gasteiger partial charge in [-0.3, -0.25) is 9.69 Å². The number of benzene rings is 2. The van der Waals surface area contributed by atoms with E-state index in [9.17, 15) is 14.7 Å². The minimum Gasteiger partial charge on any atom is -0.454 e. The van der Waals surface area contributed by atoms with Crippen molar-refractivity contribution in [3.63, 3.8) is 0 Å². The molecule has 1 aliphatic rings. The number of likely N-dealkylation sites (N-methyl/N-ethyl adjacent to an activating group) is 1. The van der Waals surface area contributed by atoms with Gasteiger partial charge in [-0.25, -0.2) is 4.79 Å². The number of ether oxygens (including phenoxy) is 1. The zero-order chi connectivity index (χ0) is 19.2. The fourth-order valence-electron chi connectivity index (χ4n) is 3.39. The van der Waals surface area contributed by atoms with E-state index >= 15 is 0 Å². The highest BCUT2D eigenvalue weighted by Crippen LogP contribution is 2.24. The van der Waals surface area contributed by atoms with Crippen LogP contribution in [-0.2, 0) is 16.1 Å². The number of nitrogens with zero attached hydrogens (tertiary/aromatic N) is 1. The SMILES string of the molecule is CNC(=O)C1C(OC(=O)c2ccccc2)C(O)CCN1Cc1ccccc1. The lowest BCUT2D eigenvalue weighted by Gasteiger charge is -2.42. The number of likely N-dealkylation sites (tertiary alicyclic amines) is 1. The van der Waals surface area contributed by atoms with Crippen LogP contribution >= 0.6 is 0 Å². The number of amides is 1. The average Bonchev–Trinajstić information content (AvgIpc) is 2.71. The summed E-state index contributed by atoms with van der Waals surface area (Å²) in [5, 5.41) is 13.1. The topological polar surface area (TPSA) is 78.9 Å². The van der Waals surface area contributed by atoms with E-state index < -0.39 is 24.2 Å². The van der Waals surface area contributed by atoms with Crippen LogP contribution in [0, 0.1) is 0 Å². The van der Waals surface area contributed by atoms with Crippen LogP contribution in [-0.4, -0.2) is 53.7 Å². The van der Waals surface area contributed by atoms with Crippen molar-refractivity contribution in [3.05, 3.63) is 71.8 Å². The van der Waals surface area contributed by atoms with E-state index in [2.05, 4.69) is 5.32 Å². The van der Waals surface area contributed by atoms with Gasteiger partial charge in [-0.2, -0.15) is 0 Å². The zero-order valence-corrected chi connectivity index (χ0v) is 15.2. The molecule has 1 saturated heterocycles. The third-order valence-electron chi connectivity index (χ3n) is 4.79. The number of aliphatic hydroxyl groups is 1. The second-order valence-electron chi connectivity index (χ2n) is 6.61. The van der Waals surface area contributed by atoms with Crippen molar-refractivity contribution in [3.8, 4) is 0 Å². The van der Waals surface area contributed by atoms with Crippen LogP contribution in [0.4, 0.5) is 0 Å². The minimum absolute atomic E-state index is 0.282. The van der Waals surface area contributed by atoms with Gasteiger partial charge in [0.05, 0.1) is 11.7 Å². The number of hydrogen-bond acceptors (Lipinski definition) is 5. The second kappa shape index (κ2) is 8.79.